The van der Waals surface area contributed by atoms with Crippen LogP contribution in [0.4, 0.5) is 0 Å². The molecule has 5 nitrogen and oxygen atoms in total. The summed E-state index contributed by atoms with van der Waals surface area (Å²) >= 11 is 0. The Morgan fingerprint density at radius 1 is 1.10 bits per heavy atom. The van der Waals surface area contributed by atoms with Gasteiger partial charge in [0.15, 0.2) is 0 Å². The minimum Gasteiger partial charge on any atom is -0.493 e. The van der Waals surface area contributed by atoms with Gasteiger partial charge in [0, 0.05) is 17.5 Å². The monoisotopic (exact) mass is 291 g/mol. The third kappa shape index (κ3) is 3.48. The van der Waals surface area contributed by atoms with Gasteiger partial charge >= 0.3 is 5.97 Å². The van der Waals surface area contributed by atoms with Gasteiger partial charge in [0.2, 0.25) is 0 Å². The Kier molecular flexibility index (Phi) is 5.09. The highest BCUT2D eigenvalue weighted by atomic mass is 16.5. The number of fused-ring (bicyclic) bond motifs is 1. The van der Waals surface area contributed by atoms with Gasteiger partial charge < -0.3 is 19.2 Å². The van der Waals surface area contributed by atoms with Crippen LogP contribution in [0.2, 0.25) is 0 Å². The van der Waals surface area contributed by atoms with Crippen molar-refractivity contribution in [1.29, 1.82) is 0 Å². The highest BCUT2D eigenvalue weighted by Gasteiger charge is 2.14. The van der Waals surface area contributed by atoms with E-state index in [1.807, 2.05) is 19.1 Å². The second kappa shape index (κ2) is 7.02. The fourth-order valence-electron chi connectivity index (χ4n) is 2.03. The molecule has 0 atom stereocenters. The van der Waals surface area contributed by atoms with Crippen LogP contribution >= 0.6 is 0 Å². The minimum absolute atomic E-state index is 0.399. The van der Waals surface area contributed by atoms with E-state index < -0.39 is 5.97 Å². The van der Waals surface area contributed by atoms with E-state index >= 15 is 0 Å². The average molecular weight is 291 g/mol. The van der Waals surface area contributed by atoms with E-state index in [1.165, 1.54) is 7.11 Å². The molecule has 0 bridgehead atoms. The summed E-state index contributed by atoms with van der Waals surface area (Å²) in [4.78, 5) is 14.7. The quantitative estimate of drug-likeness (QED) is 0.793. The van der Waals surface area contributed by atoms with E-state index in [4.69, 9.17) is 14.2 Å². The van der Waals surface area contributed by atoms with Crippen molar-refractivity contribution in [2.75, 3.05) is 20.3 Å². The molecule has 0 fully saturated rings. The third-order valence-electron chi connectivity index (χ3n) is 3.01. The number of carbonyl (C=O) groups excluding carboxylic acids is 1. The van der Waals surface area contributed by atoms with Crippen LogP contribution in [0.15, 0.2) is 18.2 Å². The molecule has 5 heteroatoms. The first kappa shape index (κ1) is 15.2. The fraction of sp³-hybridized carbons (Fsp3) is 0.438. The van der Waals surface area contributed by atoms with Crippen LogP contribution in [0.3, 0.4) is 0 Å². The molecule has 1 heterocycles. The van der Waals surface area contributed by atoms with Crippen molar-refractivity contribution in [3.63, 3.8) is 0 Å². The number of carbonyl (C=O) groups is 1. The molecule has 1 N–H and O–H groups in total. The van der Waals surface area contributed by atoms with Crippen molar-refractivity contribution in [3.8, 4) is 11.5 Å². The Hall–Kier alpha value is -2.17. The first-order valence-corrected chi connectivity index (χ1v) is 7.20. The number of methoxy groups -OCH3 is 1. The van der Waals surface area contributed by atoms with Crippen molar-refractivity contribution in [2.24, 2.45) is 0 Å². The van der Waals surface area contributed by atoms with Crippen LogP contribution < -0.4 is 9.47 Å². The molecule has 0 amide bonds. The van der Waals surface area contributed by atoms with Crippen molar-refractivity contribution < 1.29 is 19.0 Å². The summed E-state index contributed by atoms with van der Waals surface area (Å²) in [5.74, 6) is 1.05. The fourth-order valence-corrected chi connectivity index (χ4v) is 2.03. The summed E-state index contributed by atoms with van der Waals surface area (Å²) in [6.45, 7) is 5.36. The Balaban J connectivity index is 2.43. The standard InChI is InChI=1S/C16H21NO4/c1-4-6-20-11-8-13-12(15(9-11)21-7-5-2)10-14(17-13)16(18)19-3/h8-10,17H,4-7H2,1-3H3. The van der Waals surface area contributed by atoms with E-state index in [1.54, 1.807) is 6.07 Å². The number of hydrogen-bond donors (Lipinski definition) is 1. The van der Waals surface area contributed by atoms with Gasteiger partial charge in [-0.1, -0.05) is 13.8 Å². The lowest BCUT2D eigenvalue weighted by molar-refractivity contribution is 0.0595. The van der Waals surface area contributed by atoms with Crippen molar-refractivity contribution in [3.05, 3.63) is 23.9 Å². The van der Waals surface area contributed by atoms with Crippen molar-refractivity contribution in [2.45, 2.75) is 26.7 Å². The SMILES string of the molecule is CCCOc1cc(OCCC)c2cc(C(=O)OC)[nH]c2c1. The topological polar surface area (TPSA) is 60.6 Å². The predicted octanol–water partition coefficient (Wildman–Crippen LogP) is 3.53. The molecule has 0 unspecified atom stereocenters. The first-order valence-electron chi connectivity index (χ1n) is 7.20. The maximum Gasteiger partial charge on any atom is 0.354 e. The lowest BCUT2D eigenvalue weighted by Crippen LogP contribution is -2.00. The van der Waals surface area contributed by atoms with Crippen LogP contribution in [-0.2, 0) is 4.74 Å². The van der Waals surface area contributed by atoms with E-state index in [0.717, 1.165) is 29.5 Å². The Morgan fingerprint density at radius 3 is 2.48 bits per heavy atom. The number of rotatable bonds is 7. The van der Waals surface area contributed by atoms with E-state index in [2.05, 4.69) is 11.9 Å². The molecule has 0 aliphatic carbocycles. The van der Waals surface area contributed by atoms with Gasteiger partial charge in [-0.3, -0.25) is 0 Å². The lowest BCUT2D eigenvalue weighted by atomic mass is 10.2. The Labute approximate surface area is 124 Å². The van der Waals surface area contributed by atoms with Crippen molar-refractivity contribution >= 4 is 16.9 Å². The molecule has 2 rings (SSSR count). The summed E-state index contributed by atoms with van der Waals surface area (Å²) in [6, 6.07) is 5.48. The van der Waals surface area contributed by atoms with Gasteiger partial charge in [-0.05, 0) is 18.9 Å². The average Bonchev–Trinajstić information content (AvgIpc) is 2.93. The normalized spacial score (nSPS) is 10.6. The van der Waals surface area contributed by atoms with E-state index in [9.17, 15) is 4.79 Å². The Bertz CT molecular complexity index is 618. The summed E-state index contributed by atoms with van der Waals surface area (Å²) in [6.07, 6.45) is 1.84. The van der Waals surface area contributed by atoms with Crippen molar-refractivity contribution in [1.82, 2.24) is 4.98 Å². The zero-order valence-corrected chi connectivity index (χ0v) is 12.7. The highest BCUT2D eigenvalue weighted by Crippen LogP contribution is 2.32. The van der Waals surface area contributed by atoms with Gasteiger partial charge in [0.25, 0.3) is 0 Å². The zero-order chi connectivity index (χ0) is 15.2. The number of hydrogen-bond acceptors (Lipinski definition) is 4. The van der Waals surface area contributed by atoms with Gasteiger partial charge in [-0.2, -0.15) is 0 Å². The minimum atomic E-state index is -0.399. The van der Waals surface area contributed by atoms with E-state index in [0.29, 0.717) is 24.7 Å². The van der Waals surface area contributed by atoms with Gasteiger partial charge in [-0.25, -0.2) is 4.79 Å². The number of nitrogens with one attached hydrogen (secondary N) is 1. The maximum atomic E-state index is 11.6. The molecule has 1 aromatic heterocycles. The Morgan fingerprint density at radius 2 is 1.81 bits per heavy atom. The number of aromatic amines is 1. The molecule has 21 heavy (non-hydrogen) atoms. The van der Waals surface area contributed by atoms with Crippen LogP contribution in [0.25, 0.3) is 10.9 Å². The molecular weight excluding hydrogens is 270 g/mol. The van der Waals surface area contributed by atoms with Crippen LogP contribution in [0.1, 0.15) is 37.2 Å². The summed E-state index contributed by atoms with van der Waals surface area (Å²) in [7, 11) is 1.36. The van der Waals surface area contributed by atoms with Crippen LogP contribution in [0.5, 0.6) is 11.5 Å². The summed E-state index contributed by atoms with van der Waals surface area (Å²) in [5, 5.41) is 0.854. The van der Waals surface area contributed by atoms with E-state index in [-0.39, 0.29) is 0 Å². The smallest absolute Gasteiger partial charge is 0.354 e. The summed E-state index contributed by atoms with van der Waals surface area (Å²) < 4.78 is 16.2. The van der Waals surface area contributed by atoms with Gasteiger partial charge in [0.05, 0.1) is 25.8 Å². The molecule has 0 aliphatic rings. The number of esters is 1. The predicted molar refractivity (Wildman–Crippen MR) is 81.2 cm³/mol. The van der Waals surface area contributed by atoms with Gasteiger partial charge in [0.1, 0.15) is 17.2 Å². The second-order valence-corrected chi connectivity index (χ2v) is 4.75. The molecule has 2 aromatic rings. The molecular formula is C16H21NO4. The van der Waals surface area contributed by atoms with Crippen LogP contribution in [0, 0.1) is 0 Å². The number of aromatic nitrogens is 1. The second-order valence-electron chi connectivity index (χ2n) is 4.75. The molecule has 114 valence electrons. The number of benzene rings is 1. The molecule has 0 aliphatic heterocycles. The molecule has 0 spiro atoms. The molecule has 0 saturated carbocycles. The first-order chi connectivity index (χ1) is 10.2. The lowest BCUT2D eigenvalue weighted by Gasteiger charge is -2.10. The van der Waals surface area contributed by atoms with Crippen LogP contribution in [-0.4, -0.2) is 31.3 Å². The zero-order valence-electron chi connectivity index (χ0n) is 12.7. The maximum absolute atomic E-state index is 11.6. The number of H-pyrrole nitrogens is 1. The molecule has 1 aromatic carbocycles. The van der Waals surface area contributed by atoms with Gasteiger partial charge in [-0.15, -0.1) is 0 Å². The third-order valence-corrected chi connectivity index (χ3v) is 3.01. The number of ether oxygens (including phenoxy) is 3. The molecule has 0 radical (unpaired) electrons. The molecule has 0 saturated heterocycles. The summed E-state index contributed by atoms with van der Waals surface area (Å²) in [5.41, 5.74) is 1.21. The largest absolute Gasteiger partial charge is 0.493 e. The highest BCUT2D eigenvalue weighted by molar-refractivity contribution is 5.97.